The normalized spacial score (nSPS) is 27.0. The quantitative estimate of drug-likeness (QED) is 0.503. The minimum atomic E-state index is -0.208. The van der Waals surface area contributed by atoms with E-state index in [1.165, 1.54) is 0 Å². The summed E-state index contributed by atoms with van der Waals surface area (Å²) in [4.78, 5) is 0. The maximum absolute atomic E-state index is 8.94. The second-order valence-electron chi connectivity index (χ2n) is 2.08. The lowest BCUT2D eigenvalue weighted by atomic mass is 10.3. The molecule has 0 spiro atoms. The van der Waals surface area contributed by atoms with Crippen LogP contribution >= 0.6 is 0 Å². The summed E-state index contributed by atoms with van der Waals surface area (Å²) < 4.78 is 0. The van der Waals surface area contributed by atoms with E-state index in [1.807, 2.05) is 6.92 Å². The van der Waals surface area contributed by atoms with Gasteiger partial charge in [0.15, 0.2) is 0 Å². The van der Waals surface area contributed by atoms with Crippen LogP contribution in [0.4, 0.5) is 0 Å². The molecule has 1 aliphatic carbocycles. The Labute approximate surface area is 38.0 Å². The molecule has 0 bridgehead atoms. The highest BCUT2D eigenvalue weighted by molar-refractivity contribution is 4.91. The SMILES string of the molecule is CCC1(O)CC1. The molecule has 1 rings (SSSR count). The molecule has 1 nitrogen and oxygen atoms in total. The predicted molar refractivity (Wildman–Crippen MR) is 24.5 cm³/mol. The van der Waals surface area contributed by atoms with E-state index in [0.29, 0.717) is 0 Å². The molecule has 0 unspecified atom stereocenters. The second kappa shape index (κ2) is 0.969. The van der Waals surface area contributed by atoms with Crippen molar-refractivity contribution in [1.82, 2.24) is 0 Å². The third-order valence-corrected chi connectivity index (χ3v) is 1.49. The Morgan fingerprint density at radius 2 is 2.17 bits per heavy atom. The van der Waals surface area contributed by atoms with Gasteiger partial charge in [0.25, 0.3) is 0 Å². The number of rotatable bonds is 1. The van der Waals surface area contributed by atoms with Gasteiger partial charge < -0.3 is 5.11 Å². The zero-order chi connectivity index (χ0) is 4.62. The Hall–Kier alpha value is -0.0400. The summed E-state index contributed by atoms with van der Waals surface area (Å²) in [5.41, 5.74) is -0.208. The van der Waals surface area contributed by atoms with E-state index in [0.717, 1.165) is 19.3 Å². The molecule has 1 N–H and O–H groups in total. The van der Waals surface area contributed by atoms with Crippen LogP contribution in [0.25, 0.3) is 0 Å². The van der Waals surface area contributed by atoms with Crippen LogP contribution in [0.5, 0.6) is 0 Å². The predicted octanol–water partition coefficient (Wildman–Crippen LogP) is 0.921. The lowest BCUT2D eigenvalue weighted by Crippen LogP contribution is -2.01. The first-order chi connectivity index (χ1) is 2.77. The first-order valence-corrected chi connectivity index (χ1v) is 2.49. The molecule has 0 aromatic rings. The maximum Gasteiger partial charge on any atom is 0.0647 e. The van der Waals surface area contributed by atoms with Gasteiger partial charge in [-0.1, -0.05) is 6.92 Å². The molecule has 1 heteroatoms. The lowest BCUT2D eigenvalue weighted by Gasteiger charge is -1.96. The molecule has 0 saturated heterocycles. The molecular formula is C5H10O. The molecule has 0 atom stereocenters. The fourth-order valence-electron chi connectivity index (χ4n) is 0.498. The van der Waals surface area contributed by atoms with Gasteiger partial charge in [0, 0.05) is 0 Å². The van der Waals surface area contributed by atoms with Gasteiger partial charge in [-0.15, -0.1) is 0 Å². The standard InChI is InChI=1S/C5H10O/c1-2-5(6)3-4-5/h6H,2-4H2,1H3. The summed E-state index contributed by atoms with van der Waals surface area (Å²) in [6.45, 7) is 2.02. The highest BCUT2D eigenvalue weighted by Gasteiger charge is 2.37. The van der Waals surface area contributed by atoms with Crippen molar-refractivity contribution in [3.63, 3.8) is 0 Å². The molecule has 0 aromatic heterocycles. The molecular weight excluding hydrogens is 76.1 g/mol. The molecule has 1 fully saturated rings. The van der Waals surface area contributed by atoms with E-state index >= 15 is 0 Å². The third-order valence-electron chi connectivity index (χ3n) is 1.49. The van der Waals surface area contributed by atoms with Crippen molar-refractivity contribution in [2.24, 2.45) is 0 Å². The van der Waals surface area contributed by atoms with Crippen molar-refractivity contribution in [1.29, 1.82) is 0 Å². The zero-order valence-corrected chi connectivity index (χ0v) is 4.07. The van der Waals surface area contributed by atoms with Crippen molar-refractivity contribution in [2.45, 2.75) is 31.8 Å². The van der Waals surface area contributed by atoms with Gasteiger partial charge in [0.2, 0.25) is 0 Å². The zero-order valence-electron chi connectivity index (χ0n) is 4.07. The Kier molecular flexibility index (Phi) is 0.667. The first kappa shape index (κ1) is 4.13. The lowest BCUT2D eigenvalue weighted by molar-refractivity contribution is 0.146. The molecule has 1 saturated carbocycles. The van der Waals surface area contributed by atoms with E-state index in [4.69, 9.17) is 5.11 Å². The summed E-state index contributed by atoms with van der Waals surface area (Å²) in [6, 6.07) is 0. The summed E-state index contributed by atoms with van der Waals surface area (Å²) in [5, 5.41) is 8.94. The Bertz CT molecular complexity index is 55.0. The van der Waals surface area contributed by atoms with E-state index in [-0.39, 0.29) is 5.60 Å². The van der Waals surface area contributed by atoms with Gasteiger partial charge in [-0.3, -0.25) is 0 Å². The monoisotopic (exact) mass is 86.1 g/mol. The molecule has 6 heavy (non-hydrogen) atoms. The Balaban J connectivity index is 2.28. The number of aliphatic hydroxyl groups is 1. The van der Waals surface area contributed by atoms with Gasteiger partial charge in [0.05, 0.1) is 5.60 Å². The van der Waals surface area contributed by atoms with Crippen LogP contribution in [0.3, 0.4) is 0 Å². The molecule has 0 heterocycles. The van der Waals surface area contributed by atoms with Crippen molar-refractivity contribution in [3.05, 3.63) is 0 Å². The van der Waals surface area contributed by atoms with Crippen molar-refractivity contribution >= 4 is 0 Å². The fraction of sp³-hybridized carbons (Fsp3) is 1.00. The molecule has 0 aromatic carbocycles. The van der Waals surface area contributed by atoms with Crippen LogP contribution in [-0.2, 0) is 0 Å². The molecule has 36 valence electrons. The maximum atomic E-state index is 8.94. The summed E-state index contributed by atoms with van der Waals surface area (Å²) >= 11 is 0. The van der Waals surface area contributed by atoms with E-state index in [1.54, 1.807) is 0 Å². The van der Waals surface area contributed by atoms with E-state index in [9.17, 15) is 0 Å². The minimum absolute atomic E-state index is 0.208. The van der Waals surface area contributed by atoms with Crippen molar-refractivity contribution < 1.29 is 5.11 Å². The largest absolute Gasteiger partial charge is 0.390 e. The first-order valence-electron chi connectivity index (χ1n) is 2.49. The molecule has 0 aliphatic heterocycles. The van der Waals surface area contributed by atoms with Crippen LogP contribution < -0.4 is 0 Å². The number of hydrogen-bond donors (Lipinski definition) is 1. The highest BCUT2D eigenvalue weighted by Crippen LogP contribution is 2.37. The fourth-order valence-corrected chi connectivity index (χ4v) is 0.498. The number of hydrogen-bond acceptors (Lipinski definition) is 1. The van der Waals surface area contributed by atoms with Gasteiger partial charge in [-0.25, -0.2) is 0 Å². The van der Waals surface area contributed by atoms with Crippen LogP contribution in [0.2, 0.25) is 0 Å². The van der Waals surface area contributed by atoms with Gasteiger partial charge in [0.1, 0.15) is 0 Å². The Morgan fingerprint density at radius 3 is 2.17 bits per heavy atom. The van der Waals surface area contributed by atoms with Gasteiger partial charge in [-0.05, 0) is 19.3 Å². The van der Waals surface area contributed by atoms with Crippen LogP contribution in [-0.4, -0.2) is 10.7 Å². The Morgan fingerprint density at radius 1 is 1.67 bits per heavy atom. The highest BCUT2D eigenvalue weighted by atomic mass is 16.3. The summed E-state index contributed by atoms with van der Waals surface area (Å²) in [6.07, 6.45) is 3.00. The van der Waals surface area contributed by atoms with Crippen molar-refractivity contribution in [3.8, 4) is 0 Å². The smallest absolute Gasteiger partial charge is 0.0647 e. The minimum Gasteiger partial charge on any atom is -0.390 e. The van der Waals surface area contributed by atoms with Gasteiger partial charge in [-0.2, -0.15) is 0 Å². The summed E-state index contributed by atoms with van der Waals surface area (Å²) in [5.74, 6) is 0. The summed E-state index contributed by atoms with van der Waals surface area (Å²) in [7, 11) is 0. The van der Waals surface area contributed by atoms with E-state index < -0.39 is 0 Å². The topological polar surface area (TPSA) is 20.2 Å². The van der Waals surface area contributed by atoms with Crippen molar-refractivity contribution in [2.75, 3.05) is 0 Å². The molecule has 0 radical (unpaired) electrons. The van der Waals surface area contributed by atoms with E-state index in [2.05, 4.69) is 0 Å². The van der Waals surface area contributed by atoms with Crippen LogP contribution in [0.15, 0.2) is 0 Å². The average Bonchev–Trinajstić information content (AvgIpc) is 2.22. The molecule has 1 aliphatic rings. The van der Waals surface area contributed by atoms with Crippen LogP contribution in [0, 0.1) is 0 Å². The second-order valence-corrected chi connectivity index (χ2v) is 2.08. The van der Waals surface area contributed by atoms with Gasteiger partial charge >= 0.3 is 0 Å². The third kappa shape index (κ3) is 0.548. The average molecular weight is 86.1 g/mol. The molecule has 0 amide bonds. The van der Waals surface area contributed by atoms with Crippen LogP contribution in [0.1, 0.15) is 26.2 Å².